The fraction of sp³-hybridized carbons (Fsp3) is 0.143. The molecule has 0 aliphatic heterocycles. The van der Waals surface area contributed by atoms with Crippen LogP contribution in [0.4, 0.5) is 5.69 Å². The van der Waals surface area contributed by atoms with Crippen molar-refractivity contribution in [3.05, 3.63) is 58.4 Å². The maximum Gasteiger partial charge on any atom is 0.251 e. The third-order valence-corrected chi connectivity index (χ3v) is 3.87. The number of amides is 1. The molecule has 0 aliphatic rings. The first-order chi connectivity index (χ1) is 9.56. The standard InChI is InChI=1S/C14H13ClN2O2S/c1-10-5-6-11(15)8-12(10)16-13(18)9-20-14-4-2-3-7-17(14)19/h2-8H,9H2,1H3,(H,16,18). The van der Waals surface area contributed by atoms with Crippen molar-refractivity contribution in [2.75, 3.05) is 11.1 Å². The van der Waals surface area contributed by atoms with Crippen molar-refractivity contribution < 1.29 is 9.52 Å². The lowest BCUT2D eigenvalue weighted by Crippen LogP contribution is -2.28. The molecule has 2 aromatic rings. The van der Waals surface area contributed by atoms with Crippen LogP contribution in [0.5, 0.6) is 0 Å². The second-order valence-corrected chi connectivity index (χ2v) is 5.59. The van der Waals surface area contributed by atoms with Gasteiger partial charge < -0.3 is 10.5 Å². The number of halogens is 1. The molecule has 0 spiro atoms. The van der Waals surface area contributed by atoms with Crippen molar-refractivity contribution in [1.82, 2.24) is 0 Å². The lowest BCUT2D eigenvalue weighted by molar-refractivity contribution is -0.645. The average molecular weight is 309 g/mol. The zero-order valence-corrected chi connectivity index (χ0v) is 12.4. The van der Waals surface area contributed by atoms with Gasteiger partial charge in [0, 0.05) is 22.8 Å². The Morgan fingerprint density at radius 1 is 1.40 bits per heavy atom. The van der Waals surface area contributed by atoms with E-state index in [0.717, 1.165) is 10.3 Å². The van der Waals surface area contributed by atoms with Crippen molar-refractivity contribution in [1.29, 1.82) is 0 Å². The predicted octanol–water partition coefficient (Wildman–Crippen LogP) is 3.01. The van der Waals surface area contributed by atoms with Gasteiger partial charge in [-0.2, -0.15) is 4.73 Å². The summed E-state index contributed by atoms with van der Waals surface area (Å²) in [5.74, 6) is -0.0118. The van der Waals surface area contributed by atoms with Crippen LogP contribution in [0.3, 0.4) is 0 Å². The lowest BCUT2D eigenvalue weighted by atomic mass is 10.2. The van der Waals surface area contributed by atoms with Crippen LogP contribution >= 0.6 is 23.4 Å². The van der Waals surface area contributed by atoms with Crippen molar-refractivity contribution in [2.45, 2.75) is 11.9 Å². The minimum absolute atomic E-state index is 0.165. The number of hydrogen-bond donors (Lipinski definition) is 1. The van der Waals surface area contributed by atoms with Crippen molar-refractivity contribution in [3.8, 4) is 0 Å². The van der Waals surface area contributed by atoms with E-state index in [9.17, 15) is 10.0 Å². The minimum Gasteiger partial charge on any atom is -0.618 e. The van der Waals surface area contributed by atoms with Crippen molar-refractivity contribution in [3.63, 3.8) is 0 Å². The molecule has 6 heteroatoms. The summed E-state index contributed by atoms with van der Waals surface area (Å²) in [4.78, 5) is 11.9. The second-order valence-electron chi connectivity index (χ2n) is 4.16. The molecule has 1 aromatic carbocycles. The summed E-state index contributed by atoms with van der Waals surface area (Å²) >= 11 is 7.08. The van der Waals surface area contributed by atoms with Crippen molar-refractivity contribution >= 4 is 35.0 Å². The molecule has 1 amide bonds. The summed E-state index contributed by atoms with van der Waals surface area (Å²) in [6.07, 6.45) is 1.40. The number of pyridine rings is 1. The van der Waals surface area contributed by atoms with Gasteiger partial charge in [-0.25, -0.2) is 0 Å². The molecular formula is C14H13ClN2O2S. The SMILES string of the molecule is Cc1ccc(Cl)cc1NC(=O)CSc1cccc[n+]1[O-]. The molecule has 0 saturated carbocycles. The number of nitrogens with one attached hydrogen (secondary N) is 1. The summed E-state index contributed by atoms with van der Waals surface area (Å²) < 4.78 is 0.739. The van der Waals surface area contributed by atoms with E-state index in [1.165, 1.54) is 18.0 Å². The summed E-state index contributed by atoms with van der Waals surface area (Å²) in [5, 5.41) is 15.3. The third kappa shape index (κ3) is 3.88. The molecule has 0 unspecified atom stereocenters. The summed E-state index contributed by atoms with van der Waals surface area (Å²) in [7, 11) is 0. The number of hydrogen-bond acceptors (Lipinski definition) is 3. The fourth-order valence-electron chi connectivity index (χ4n) is 1.58. The van der Waals surface area contributed by atoms with Crippen molar-refractivity contribution in [2.24, 2.45) is 0 Å². The highest BCUT2D eigenvalue weighted by Gasteiger charge is 2.10. The van der Waals surface area contributed by atoms with Gasteiger partial charge in [0.1, 0.15) is 0 Å². The normalized spacial score (nSPS) is 10.3. The smallest absolute Gasteiger partial charge is 0.251 e. The Morgan fingerprint density at radius 3 is 2.95 bits per heavy atom. The van der Waals surface area contributed by atoms with Crippen LogP contribution < -0.4 is 10.0 Å². The van der Waals surface area contributed by atoms with Gasteiger partial charge in [0.05, 0.1) is 5.75 Å². The molecular weight excluding hydrogens is 296 g/mol. The first-order valence-electron chi connectivity index (χ1n) is 5.93. The van der Waals surface area contributed by atoms with Gasteiger partial charge in [-0.05, 0) is 42.4 Å². The number of aryl methyl sites for hydroxylation is 1. The number of benzene rings is 1. The third-order valence-electron chi connectivity index (χ3n) is 2.61. The summed E-state index contributed by atoms with van der Waals surface area (Å²) in [5.41, 5.74) is 1.62. The molecule has 0 saturated heterocycles. The molecule has 0 atom stereocenters. The summed E-state index contributed by atoms with van der Waals surface area (Å²) in [6, 6.07) is 10.4. The van der Waals surface area contributed by atoms with Gasteiger partial charge >= 0.3 is 0 Å². The van der Waals surface area contributed by atoms with Crippen LogP contribution in [-0.2, 0) is 4.79 Å². The van der Waals surface area contributed by atoms with E-state index >= 15 is 0 Å². The maximum absolute atomic E-state index is 11.9. The highest BCUT2D eigenvalue weighted by atomic mass is 35.5. The van der Waals surface area contributed by atoms with Crippen LogP contribution in [-0.4, -0.2) is 11.7 Å². The number of anilines is 1. The van der Waals surface area contributed by atoms with Crippen LogP contribution in [0.15, 0.2) is 47.6 Å². The van der Waals surface area contributed by atoms with E-state index in [-0.39, 0.29) is 11.7 Å². The Balaban J connectivity index is 1.96. The first-order valence-corrected chi connectivity index (χ1v) is 7.29. The van der Waals surface area contributed by atoms with Crippen LogP contribution in [0.2, 0.25) is 5.02 Å². The van der Waals surface area contributed by atoms with Gasteiger partial charge in [0.2, 0.25) is 5.91 Å². The number of rotatable bonds is 4. The molecule has 0 bridgehead atoms. The predicted molar refractivity (Wildman–Crippen MR) is 80.9 cm³/mol. The molecule has 1 aromatic heterocycles. The topological polar surface area (TPSA) is 56.0 Å². The Morgan fingerprint density at radius 2 is 2.20 bits per heavy atom. The van der Waals surface area contributed by atoms with Gasteiger partial charge in [-0.3, -0.25) is 4.79 Å². The quantitative estimate of drug-likeness (QED) is 0.536. The Labute approximate surface area is 126 Å². The highest BCUT2D eigenvalue weighted by molar-refractivity contribution is 7.99. The molecule has 0 radical (unpaired) electrons. The fourth-order valence-corrected chi connectivity index (χ4v) is 2.47. The van der Waals surface area contributed by atoms with E-state index in [1.54, 1.807) is 30.3 Å². The van der Waals surface area contributed by atoms with Crippen LogP contribution in [0.25, 0.3) is 0 Å². The molecule has 4 nitrogen and oxygen atoms in total. The highest BCUT2D eigenvalue weighted by Crippen LogP contribution is 2.21. The summed E-state index contributed by atoms with van der Waals surface area (Å²) in [6.45, 7) is 1.89. The lowest BCUT2D eigenvalue weighted by Gasteiger charge is -2.08. The van der Waals surface area contributed by atoms with E-state index in [0.29, 0.717) is 15.7 Å². The zero-order valence-electron chi connectivity index (χ0n) is 10.8. The van der Waals surface area contributed by atoms with Gasteiger partial charge in [0.25, 0.3) is 5.03 Å². The Hall–Kier alpha value is -1.72. The number of nitrogens with zero attached hydrogens (tertiary/aromatic N) is 1. The monoisotopic (exact) mass is 308 g/mol. The van der Waals surface area contributed by atoms with E-state index in [2.05, 4.69) is 5.32 Å². The van der Waals surface area contributed by atoms with Crippen LogP contribution in [0.1, 0.15) is 5.56 Å². The maximum atomic E-state index is 11.9. The van der Waals surface area contributed by atoms with Crippen LogP contribution in [0, 0.1) is 12.1 Å². The Kier molecular flexibility index (Phi) is 4.87. The average Bonchev–Trinajstić information content (AvgIpc) is 2.42. The van der Waals surface area contributed by atoms with E-state index in [1.807, 2.05) is 13.0 Å². The molecule has 1 heterocycles. The van der Waals surface area contributed by atoms with E-state index < -0.39 is 0 Å². The molecule has 2 rings (SSSR count). The number of thioether (sulfide) groups is 1. The second kappa shape index (κ2) is 6.63. The first kappa shape index (κ1) is 14.7. The van der Waals surface area contributed by atoms with Gasteiger partial charge in [0.15, 0.2) is 6.20 Å². The largest absolute Gasteiger partial charge is 0.618 e. The van der Waals surface area contributed by atoms with Gasteiger partial charge in [-0.15, -0.1) is 0 Å². The molecule has 1 N–H and O–H groups in total. The molecule has 20 heavy (non-hydrogen) atoms. The minimum atomic E-state index is -0.177. The van der Waals surface area contributed by atoms with E-state index in [4.69, 9.17) is 11.6 Å². The number of aromatic nitrogens is 1. The number of carbonyl (C=O) groups excluding carboxylic acids is 1. The molecule has 0 aliphatic carbocycles. The Bertz CT molecular complexity index is 634. The molecule has 104 valence electrons. The molecule has 0 fully saturated rings. The van der Waals surface area contributed by atoms with Gasteiger partial charge in [-0.1, -0.05) is 17.7 Å². The number of carbonyl (C=O) groups is 1. The zero-order chi connectivity index (χ0) is 14.5.